The molecule has 190 valence electrons. The van der Waals surface area contributed by atoms with Gasteiger partial charge in [-0.25, -0.2) is 12.8 Å². The van der Waals surface area contributed by atoms with E-state index in [2.05, 4.69) is 6.08 Å². The number of aromatic hydroxyl groups is 1. The maximum absolute atomic E-state index is 14.2. The number of phenolic OH excluding ortho intramolecular Hbond substituents is 1. The smallest absolute Gasteiger partial charge is 0.178 e. The average Bonchev–Trinajstić information content (AvgIpc) is 2.84. The molecular formula is C28H35FO5S. The zero-order valence-electron chi connectivity index (χ0n) is 20.4. The molecule has 2 N–H and O–H groups in total. The van der Waals surface area contributed by atoms with E-state index in [1.807, 2.05) is 13.8 Å². The topological polar surface area (TPSA) is 83.8 Å². The molecule has 5 nitrogen and oxygen atoms in total. The van der Waals surface area contributed by atoms with E-state index in [9.17, 15) is 23.0 Å². The molecule has 2 bridgehead atoms. The molecule has 2 aromatic rings. The van der Waals surface area contributed by atoms with Gasteiger partial charge in [0, 0.05) is 11.3 Å². The van der Waals surface area contributed by atoms with Crippen LogP contribution in [0.25, 0.3) is 0 Å². The van der Waals surface area contributed by atoms with E-state index in [0.29, 0.717) is 23.3 Å². The number of halogens is 1. The molecule has 1 aliphatic heterocycles. The third kappa shape index (κ3) is 5.18. The third-order valence-electron chi connectivity index (χ3n) is 7.99. The first-order chi connectivity index (χ1) is 16.6. The van der Waals surface area contributed by atoms with Crippen molar-refractivity contribution < 1.29 is 27.8 Å². The first kappa shape index (κ1) is 25.9. The summed E-state index contributed by atoms with van der Waals surface area (Å²) in [5.41, 5.74) is 0.878. The zero-order valence-corrected chi connectivity index (χ0v) is 21.2. The fourth-order valence-electron chi connectivity index (χ4n) is 5.58. The van der Waals surface area contributed by atoms with Crippen LogP contribution in [0.2, 0.25) is 0 Å². The van der Waals surface area contributed by atoms with Crippen LogP contribution < -0.4 is 0 Å². The standard InChI is InChI=1S/C28H35FO5S/c1-27(2)28(19-30)15-14-20(9-5-4-8-16-35(32,33)22-10-6-3-7-11-22)23(18-28)26(34-27)21-12-13-25(31)24(29)17-21/h3,6-7,10-14,17,23,26,30-31H,4-5,8-9,15-16,18-19H2,1-2H3. The van der Waals surface area contributed by atoms with Gasteiger partial charge in [-0.15, -0.1) is 0 Å². The van der Waals surface area contributed by atoms with Gasteiger partial charge in [-0.05, 0) is 75.8 Å². The molecule has 2 aromatic carbocycles. The van der Waals surface area contributed by atoms with Crippen LogP contribution in [-0.4, -0.2) is 36.6 Å². The van der Waals surface area contributed by atoms with Gasteiger partial charge in [-0.2, -0.15) is 0 Å². The summed E-state index contributed by atoms with van der Waals surface area (Å²) in [6, 6.07) is 12.9. The van der Waals surface area contributed by atoms with Gasteiger partial charge in [0.2, 0.25) is 0 Å². The van der Waals surface area contributed by atoms with E-state index in [1.165, 1.54) is 17.7 Å². The average molecular weight is 503 g/mol. The second-order valence-electron chi connectivity index (χ2n) is 10.4. The predicted octanol–water partition coefficient (Wildman–Crippen LogP) is 5.73. The number of aliphatic hydroxyl groups is 1. The van der Waals surface area contributed by atoms with Crippen LogP contribution in [0.3, 0.4) is 0 Å². The molecule has 35 heavy (non-hydrogen) atoms. The van der Waals surface area contributed by atoms with Crippen LogP contribution in [0.1, 0.15) is 64.0 Å². The number of fused-ring (bicyclic) bond motifs is 2. The van der Waals surface area contributed by atoms with Gasteiger partial charge in [0.15, 0.2) is 21.4 Å². The van der Waals surface area contributed by atoms with Crippen LogP contribution in [0.5, 0.6) is 5.75 Å². The quantitative estimate of drug-likeness (QED) is 0.338. The molecule has 0 saturated carbocycles. The Hall–Kier alpha value is -2.22. The monoisotopic (exact) mass is 502 g/mol. The maximum atomic E-state index is 14.2. The Morgan fingerprint density at radius 3 is 2.51 bits per heavy atom. The number of ether oxygens (including phenoxy) is 1. The minimum Gasteiger partial charge on any atom is -0.505 e. The molecule has 1 aliphatic carbocycles. The molecule has 7 heteroatoms. The lowest BCUT2D eigenvalue weighted by atomic mass is 9.58. The molecule has 2 aliphatic rings. The molecule has 0 radical (unpaired) electrons. The summed E-state index contributed by atoms with van der Waals surface area (Å²) in [4.78, 5) is 0.362. The SMILES string of the molecule is CC1(C)OC(c2ccc(O)c(F)c2)C2CC1(CO)CC=C2CCCCCS(=O)(=O)c1ccccc1. The number of hydrogen-bond donors (Lipinski definition) is 2. The van der Waals surface area contributed by atoms with Gasteiger partial charge in [-0.1, -0.05) is 42.3 Å². The van der Waals surface area contributed by atoms with Gasteiger partial charge < -0.3 is 14.9 Å². The fraction of sp³-hybridized carbons (Fsp3) is 0.500. The van der Waals surface area contributed by atoms with Crippen LogP contribution in [0.4, 0.5) is 4.39 Å². The van der Waals surface area contributed by atoms with Crippen LogP contribution in [-0.2, 0) is 14.6 Å². The van der Waals surface area contributed by atoms with Crippen molar-refractivity contribution in [2.24, 2.45) is 11.3 Å². The molecular weight excluding hydrogens is 467 g/mol. The molecule has 4 rings (SSSR count). The Morgan fingerprint density at radius 2 is 1.83 bits per heavy atom. The van der Waals surface area contributed by atoms with Crippen molar-refractivity contribution in [3.63, 3.8) is 0 Å². The Kier molecular flexibility index (Phi) is 7.41. The summed E-state index contributed by atoms with van der Waals surface area (Å²) in [6.45, 7) is 3.97. The number of hydrogen-bond acceptors (Lipinski definition) is 5. The summed E-state index contributed by atoms with van der Waals surface area (Å²) < 4.78 is 45.8. The lowest BCUT2D eigenvalue weighted by molar-refractivity contribution is -0.223. The molecule has 0 amide bonds. The maximum Gasteiger partial charge on any atom is 0.178 e. The lowest BCUT2D eigenvalue weighted by Gasteiger charge is -2.57. The van der Waals surface area contributed by atoms with Crippen molar-refractivity contribution in [1.29, 1.82) is 0 Å². The Labute approximate surface area is 207 Å². The van der Waals surface area contributed by atoms with E-state index in [1.54, 1.807) is 36.4 Å². The molecule has 1 saturated heterocycles. The van der Waals surface area contributed by atoms with Crippen molar-refractivity contribution in [2.75, 3.05) is 12.4 Å². The third-order valence-corrected chi connectivity index (χ3v) is 9.81. The summed E-state index contributed by atoms with van der Waals surface area (Å²) in [5.74, 6) is -0.956. The van der Waals surface area contributed by atoms with Crippen molar-refractivity contribution in [3.05, 3.63) is 71.6 Å². The summed E-state index contributed by atoms with van der Waals surface area (Å²) >= 11 is 0. The summed E-state index contributed by atoms with van der Waals surface area (Å²) in [7, 11) is -3.27. The van der Waals surface area contributed by atoms with Crippen LogP contribution >= 0.6 is 0 Å². The highest BCUT2D eigenvalue weighted by molar-refractivity contribution is 7.91. The largest absolute Gasteiger partial charge is 0.505 e. The first-order valence-corrected chi connectivity index (χ1v) is 14.0. The number of unbranched alkanes of at least 4 members (excludes halogenated alkanes) is 2. The highest BCUT2D eigenvalue weighted by Crippen LogP contribution is 2.58. The minimum atomic E-state index is -3.27. The number of phenols is 1. The van der Waals surface area contributed by atoms with E-state index >= 15 is 0 Å². The molecule has 0 spiro atoms. The van der Waals surface area contributed by atoms with Gasteiger partial charge in [0.25, 0.3) is 0 Å². The molecule has 3 atom stereocenters. The predicted molar refractivity (Wildman–Crippen MR) is 133 cm³/mol. The van der Waals surface area contributed by atoms with E-state index in [-0.39, 0.29) is 24.4 Å². The molecule has 0 aromatic heterocycles. The van der Waals surface area contributed by atoms with Gasteiger partial charge in [-0.3, -0.25) is 0 Å². The van der Waals surface area contributed by atoms with E-state index < -0.39 is 32.4 Å². The fourth-order valence-corrected chi connectivity index (χ4v) is 6.97. The molecule has 3 unspecified atom stereocenters. The first-order valence-electron chi connectivity index (χ1n) is 12.3. The van der Waals surface area contributed by atoms with Crippen molar-refractivity contribution in [2.45, 2.75) is 69.0 Å². The Bertz CT molecular complexity index is 1180. The van der Waals surface area contributed by atoms with Gasteiger partial charge in [0.1, 0.15) is 0 Å². The highest BCUT2D eigenvalue weighted by Gasteiger charge is 2.55. The summed E-state index contributed by atoms with van der Waals surface area (Å²) in [6.07, 6.45) is 6.29. The zero-order chi connectivity index (χ0) is 25.3. The van der Waals surface area contributed by atoms with Crippen LogP contribution in [0, 0.1) is 17.2 Å². The number of benzene rings is 2. The van der Waals surface area contributed by atoms with Gasteiger partial charge in [0.05, 0.1) is 29.0 Å². The number of sulfone groups is 1. The van der Waals surface area contributed by atoms with Crippen molar-refractivity contribution >= 4 is 9.84 Å². The number of allylic oxidation sites excluding steroid dienone is 1. The molecule has 1 heterocycles. The van der Waals surface area contributed by atoms with E-state index in [0.717, 1.165) is 25.7 Å². The van der Waals surface area contributed by atoms with Gasteiger partial charge >= 0.3 is 0 Å². The van der Waals surface area contributed by atoms with Crippen molar-refractivity contribution in [3.8, 4) is 5.75 Å². The normalized spacial score (nSPS) is 25.8. The second-order valence-corrected chi connectivity index (χ2v) is 12.5. The highest BCUT2D eigenvalue weighted by atomic mass is 32.2. The number of rotatable bonds is 9. The Morgan fingerprint density at radius 1 is 1.09 bits per heavy atom. The Balaban J connectivity index is 1.45. The summed E-state index contributed by atoms with van der Waals surface area (Å²) in [5, 5.41) is 20.0. The number of aliphatic hydroxyl groups excluding tert-OH is 1. The second kappa shape index (κ2) is 10.0. The molecule has 1 fully saturated rings. The van der Waals surface area contributed by atoms with E-state index in [4.69, 9.17) is 4.74 Å². The van der Waals surface area contributed by atoms with Crippen molar-refractivity contribution in [1.82, 2.24) is 0 Å². The van der Waals surface area contributed by atoms with Crippen LogP contribution in [0.15, 0.2) is 65.1 Å². The minimum absolute atomic E-state index is 0.00822. The lowest BCUT2D eigenvalue weighted by Crippen LogP contribution is -2.56.